The molecule has 1 aromatic rings. The zero-order valence-electron chi connectivity index (χ0n) is 8.36. The Morgan fingerprint density at radius 1 is 1.33 bits per heavy atom. The Morgan fingerprint density at radius 2 is 2.00 bits per heavy atom. The summed E-state index contributed by atoms with van der Waals surface area (Å²) in [6.07, 6.45) is 1.17. The first kappa shape index (κ1) is 10.8. The number of rotatable bonds is 1. The molecule has 0 radical (unpaired) electrons. The third-order valence-corrected chi connectivity index (χ3v) is 3.79. The van der Waals surface area contributed by atoms with E-state index in [-0.39, 0.29) is 13.1 Å². The molecule has 0 saturated heterocycles. The molecule has 0 amide bonds. The average molecular weight is 248 g/mol. The van der Waals surface area contributed by atoms with Crippen molar-refractivity contribution in [3.8, 4) is 0 Å². The minimum absolute atomic E-state index is 0.271. The molecule has 0 aliphatic carbocycles. The van der Waals surface area contributed by atoms with Crippen LogP contribution in [0.4, 0.5) is 0 Å². The van der Waals surface area contributed by atoms with Crippen LogP contribution in [0.2, 0.25) is 5.15 Å². The number of hydrogen-bond donors (Lipinski definition) is 0. The average Bonchev–Trinajstić information content (AvgIpc) is 2.46. The van der Waals surface area contributed by atoms with E-state index in [1.807, 2.05) is 0 Å². The fourth-order valence-electron chi connectivity index (χ4n) is 1.54. The van der Waals surface area contributed by atoms with Gasteiger partial charge in [0.1, 0.15) is 11.0 Å². The highest BCUT2D eigenvalue weighted by Crippen LogP contribution is 2.27. The Bertz CT molecular complexity index is 515. The van der Waals surface area contributed by atoms with Crippen LogP contribution >= 0.6 is 11.6 Å². The summed E-state index contributed by atoms with van der Waals surface area (Å²) in [5.74, 6) is 0.564. The van der Waals surface area contributed by atoms with Gasteiger partial charge < -0.3 is 0 Å². The maximum Gasteiger partial charge on any atom is 0.211 e. The molecule has 0 spiro atoms. The predicted molar refractivity (Wildman–Crippen MR) is 55.9 cm³/mol. The van der Waals surface area contributed by atoms with Crippen LogP contribution in [0.1, 0.15) is 17.1 Å². The van der Waals surface area contributed by atoms with Crippen molar-refractivity contribution in [3.05, 3.63) is 22.2 Å². The molecule has 15 heavy (non-hydrogen) atoms. The Morgan fingerprint density at radius 3 is 2.60 bits per heavy atom. The Labute approximate surface area is 93.1 Å². The monoisotopic (exact) mass is 247 g/mol. The van der Waals surface area contributed by atoms with Crippen LogP contribution in [0.5, 0.6) is 0 Å². The Hall–Kier alpha value is -0.720. The van der Waals surface area contributed by atoms with Gasteiger partial charge in [0.2, 0.25) is 10.0 Å². The van der Waals surface area contributed by atoms with Crippen molar-refractivity contribution < 1.29 is 8.42 Å². The van der Waals surface area contributed by atoms with Gasteiger partial charge in [-0.2, -0.15) is 4.31 Å². The standard InChI is InChI=1S/C8H10ClN3O2S/c1-5-10-7-4-12(15(2,13)14)3-6(7)8(9)11-5/h3-4H2,1-2H3. The second-order valence-corrected chi connectivity index (χ2v) is 5.86. The molecular weight excluding hydrogens is 238 g/mol. The third kappa shape index (κ3) is 1.97. The summed E-state index contributed by atoms with van der Waals surface area (Å²) >= 11 is 5.92. The third-order valence-electron chi connectivity index (χ3n) is 2.28. The van der Waals surface area contributed by atoms with Gasteiger partial charge in [0.25, 0.3) is 0 Å². The van der Waals surface area contributed by atoms with Gasteiger partial charge in [-0.05, 0) is 6.92 Å². The highest BCUT2D eigenvalue weighted by molar-refractivity contribution is 7.88. The number of fused-ring (bicyclic) bond motifs is 1. The first-order valence-electron chi connectivity index (χ1n) is 4.35. The van der Waals surface area contributed by atoms with Gasteiger partial charge in [-0.25, -0.2) is 18.4 Å². The Kier molecular flexibility index (Phi) is 2.44. The van der Waals surface area contributed by atoms with Gasteiger partial charge in [0.05, 0.1) is 18.5 Å². The first-order chi connectivity index (χ1) is 6.88. The lowest BCUT2D eigenvalue weighted by Gasteiger charge is -2.10. The molecule has 7 heteroatoms. The molecule has 1 aromatic heterocycles. The minimum Gasteiger partial charge on any atom is -0.236 e. The van der Waals surface area contributed by atoms with Gasteiger partial charge in [-0.3, -0.25) is 0 Å². The van der Waals surface area contributed by atoms with Crippen LogP contribution in [0.3, 0.4) is 0 Å². The Balaban J connectivity index is 2.44. The van der Waals surface area contributed by atoms with Gasteiger partial charge in [0, 0.05) is 12.1 Å². The van der Waals surface area contributed by atoms with Gasteiger partial charge in [-0.1, -0.05) is 11.6 Å². The van der Waals surface area contributed by atoms with Crippen molar-refractivity contribution in [2.45, 2.75) is 20.0 Å². The number of aromatic nitrogens is 2. The SMILES string of the molecule is Cc1nc(Cl)c2c(n1)CN(S(C)(=O)=O)C2. The second kappa shape index (κ2) is 3.40. The van der Waals surface area contributed by atoms with Crippen LogP contribution in [0, 0.1) is 6.92 Å². The maximum absolute atomic E-state index is 11.3. The van der Waals surface area contributed by atoms with Crippen LogP contribution in [-0.2, 0) is 23.1 Å². The van der Waals surface area contributed by atoms with E-state index in [0.29, 0.717) is 22.2 Å². The summed E-state index contributed by atoms with van der Waals surface area (Å²) in [6.45, 7) is 2.29. The molecule has 5 nitrogen and oxygen atoms in total. The van der Waals surface area contributed by atoms with Crippen LogP contribution in [-0.4, -0.2) is 28.9 Å². The second-order valence-electron chi connectivity index (χ2n) is 3.52. The zero-order valence-corrected chi connectivity index (χ0v) is 9.93. The highest BCUT2D eigenvalue weighted by atomic mass is 35.5. The van der Waals surface area contributed by atoms with Gasteiger partial charge >= 0.3 is 0 Å². The summed E-state index contributed by atoms with van der Waals surface area (Å²) in [4.78, 5) is 8.17. The minimum atomic E-state index is -3.19. The van der Waals surface area contributed by atoms with Crippen LogP contribution < -0.4 is 0 Å². The number of hydrogen-bond acceptors (Lipinski definition) is 4. The molecule has 0 saturated carbocycles. The zero-order chi connectivity index (χ0) is 11.2. The summed E-state index contributed by atoms with van der Waals surface area (Å²) < 4.78 is 24.0. The smallest absolute Gasteiger partial charge is 0.211 e. The number of sulfonamides is 1. The van der Waals surface area contributed by atoms with Crippen LogP contribution in [0.15, 0.2) is 0 Å². The fourth-order valence-corrected chi connectivity index (χ4v) is 2.55. The number of nitrogens with zero attached hydrogens (tertiary/aromatic N) is 3. The van der Waals surface area contributed by atoms with Crippen LogP contribution in [0.25, 0.3) is 0 Å². The highest BCUT2D eigenvalue weighted by Gasteiger charge is 2.29. The molecule has 82 valence electrons. The molecule has 0 N–H and O–H groups in total. The van der Waals surface area contributed by atoms with Crippen molar-refractivity contribution in [2.24, 2.45) is 0 Å². The quantitative estimate of drug-likeness (QED) is 0.686. The molecule has 0 aromatic carbocycles. The molecular formula is C8H10ClN3O2S. The topological polar surface area (TPSA) is 63.2 Å². The first-order valence-corrected chi connectivity index (χ1v) is 6.57. The molecule has 0 bridgehead atoms. The number of aryl methyl sites for hydroxylation is 1. The molecule has 1 aliphatic rings. The van der Waals surface area contributed by atoms with E-state index in [4.69, 9.17) is 11.6 Å². The molecule has 0 atom stereocenters. The van der Waals surface area contributed by atoms with Gasteiger partial charge in [0.15, 0.2) is 0 Å². The summed E-state index contributed by atoms with van der Waals surface area (Å²) in [6, 6.07) is 0. The van der Waals surface area contributed by atoms with E-state index >= 15 is 0 Å². The fraction of sp³-hybridized carbons (Fsp3) is 0.500. The predicted octanol–water partition coefficient (Wildman–Crippen LogP) is 0.714. The van der Waals surface area contributed by atoms with E-state index in [1.54, 1.807) is 6.92 Å². The number of halogens is 1. The van der Waals surface area contributed by atoms with Crippen molar-refractivity contribution >= 4 is 21.6 Å². The summed E-state index contributed by atoms with van der Waals surface area (Å²) in [7, 11) is -3.19. The summed E-state index contributed by atoms with van der Waals surface area (Å²) in [5, 5.41) is 0.351. The lowest BCUT2D eigenvalue weighted by atomic mass is 10.3. The largest absolute Gasteiger partial charge is 0.236 e. The lowest BCUT2D eigenvalue weighted by Crippen LogP contribution is -2.23. The van der Waals surface area contributed by atoms with Crippen molar-refractivity contribution in [1.29, 1.82) is 0 Å². The lowest BCUT2D eigenvalue weighted by molar-refractivity contribution is 0.434. The van der Waals surface area contributed by atoms with E-state index < -0.39 is 10.0 Å². The summed E-state index contributed by atoms with van der Waals surface area (Å²) in [5.41, 5.74) is 1.42. The maximum atomic E-state index is 11.3. The van der Waals surface area contributed by atoms with Gasteiger partial charge in [-0.15, -0.1) is 0 Å². The van der Waals surface area contributed by atoms with E-state index in [0.717, 1.165) is 0 Å². The van der Waals surface area contributed by atoms with Crippen molar-refractivity contribution in [2.75, 3.05) is 6.26 Å². The molecule has 2 rings (SSSR count). The van der Waals surface area contributed by atoms with E-state index in [9.17, 15) is 8.42 Å². The normalized spacial score (nSPS) is 16.7. The molecule has 2 heterocycles. The van der Waals surface area contributed by atoms with E-state index in [1.165, 1.54) is 10.6 Å². The van der Waals surface area contributed by atoms with Crippen molar-refractivity contribution in [1.82, 2.24) is 14.3 Å². The molecule has 0 fully saturated rings. The molecule has 0 unspecified atom stereocenters. The van der Waals surface area contributed by atoms with Crippen molar-refractivity contribution in [3.63, 3.8) is 0 Å². The molecule has 1 aliphatic heterocycles. The van der Waals surface area contributed by atoms with E-state index in [2.05, 4.69) is 9.97 Å².